The summed E-state index contributed by atoms with van der Waals surface area (Å²) in [6.07, 6.45) is 0.0863. The molecular weight excluding hydrogens is 273 g/mol. The highest BCUT2D eigenvalue weighted by molar-refractivity contribution is 9.10. The van der Waals surface area contributed by atoms with Gasteiger partial charge in [-0.2, -0.15) is 0 Å². The van der Waals surface area contributed by atoms with E-state index < -0.39 is 18.8 Å². The van der Waals surface area contributed by atoms with Crippen molar-refractivity contribution in [2.45, 2.75) is 6.16 Å². The summed E-state index contributed by atoms with van der Waals surface area (Å²) in [6.45, 7) is 3.10. The third-order valence-corrected chi connectivity index (χ3v) is 3.35. The van der Waals surface area contributed by atoms with Crippen molar-refractivity contribution >= 4 is 23.1 Å². The quantitative estimate of drug-likeness (QED) is 0.595. The second kappa shape index (κ2) is 4.11. The summed E-state index contributed by atoms with van der Waals surface area (Å²) in [5.74, 6) is -1.06. The molecule has 0 heterocycles. The summed E-state index contributed by atoms with van der Waals surface area (Å²) < 4.78 is 37.8. The zero-order chi connectivity index (χ0) is 10.9. The maximum absolute atomic E-state index is 13.2. The van der Waals surface area contributed by atoms with Gasteiger partial charge in [0, 0.05) is 6.16 Å². The van der Waals surface area contributed by atoms with Crippen molar-refractivity contribution in [1.29, 1.82) is 0 Å². The predicted molar refractivity (Wildman–Crippen MR) is 57.2 cm³/mol. The van der Waals surface area contributed by atoms with Crippen molar-refractivity contribution in [2.75, 3.05) is 13.3 Å². The lowest BCUT2D eigenvalue weighted by Crippen LogP contribution is -1.93. The lowest BCUT2D eigenvalue weighted by Gasteiger charge is -2.08. The molecule has 78 valence electrons. The van der Waals surface area contributed by atoms with Crippen LogP contribution in [0.2, 0.25) is 0 Å². The van der Waals surface area contributed by atoms with Crippen molar-refractivity contribution in [3.05, 3.63) is 33.8 Å². The Balaban J connectivity index is 3.11. The van der Waals surface area contributed by atoms with E-state index in [0.717, 1.165) is 12.1 Å². The van der Waals surface area contributed by atoms with Crippen LogP contribution in [0.4, 0.5) is 8.78 Å². The Morgan fingerprint density at radius 2 is 1.86 bits per heavy atom. The van der Waals surface area contributed by atoms with Crippen molar-refractivity contribution in [2.24, 2.45) is 0 Å². The molecule has 0 aliphatic rings. The molecule has 0 N–H and O–H groups in total. The van der Waals surface area contributed by atoms with E-state index in [1.165, 1.54) is 0 Å². The van der Waals surface area contributed by atoms with E-state index in [1.807, 2.05) is 0 Å². The molecule has 0 radical (unpaired) electrons. The molecule has 5 heteroatoms. The predicted octanol–water partition coefficient (Wildman–Crippen LogP) is 3.85. The fraction of sp³-hybridized carbons (Fsp3) is 0.333. The Bertz CT molecular complexity index is 400. The fourth-order valence-electron chi connectivity index (χ4n) is 1.10. The van der Waals surface area contributed by atoms with Gasteiger partial charge in [0.1, 0.15) is 11.6 Å². The van der Waals surface area contributed by atoms with E-state index in [4.69, 9.17) is 0 Å². The molecule has 1 rings (SSSR count). The van der Waals surface area contributed by atoms with E-state index in [-0.39, 0.29) is 16.2 Å². The van der Waals surface area contributed by atoms with Crippen LogP contribution >= 0.6 is 23.1 Å². The molecule has 0 spiro atoms. The van der Waals surface area contributed by atoms with E-state index in [9.17, 15) is 13.3 Å². The summed E-state index contributed by atoms with van der Waals surface area (Å²) in [4.78, 5) is 0. The molecule has 1 nitrogen and oxygen atoms in total. The molecule has 0 amide bonds. The Labute approximate surface area is 90.0 Å². The molecule has 0 aromatic heterocycles. The van der Waals surface area contributed by atoms with E-state index in [0.29, 0.717) is 0 Å². The van der Waals surface area contributed by atoms with Crippen molar-refractivity contribution in [1.82, 2.24) is 0 Å². The van der Waals surface area contributed by atoms with Gasteiger partial charge in [0.25, 0.3) is 0 Å². The second-order valence-corrected chi connectivity index (χ2v) is 7.91. The normalized spacial score (nSPS) is 11.8. The van der Waals surface area contributed by atoms with E-state index >= 15 is 0 Å². The fourth-order valence-corrected chi connectivity index (χ4v) is 2.47. The van der Waals surface area contributed by atoms with Gasteiger partial charge in [-0.25, -0.2) is 8.78 Å². The topological polar surface area (TPSA) is 17.1 Å². The Morgan fingerprint density at radius 3 is 2.36 bits per heavy atom. The van der Waals surface area contributed by atoms with Gasteiger partial charge in [-0.05, 0) is 47.0 Å². The largest absolute Gasteiger partial charge is 0.324 e. The molecule has 0 saturated heterocycles. The molecule has 0 bridgehead atoms. The molecule has 0 atom stereocenters. The average molecular weight is 283 g/mol. The zero-order valence-corrected chi connectivity index (χ0v) is 10.3. The minimum absolute atomic E-state index is 0.0841. The van der Waals surface area contributed by atoms with Crippen molar-refractivity contribution < 1.29 is 13.3 Å². The Kier molecular flexibility index (Phi) is 3.49. The molecule has 14 heavy (non-hydrogen) atoms. The first-order chi connectivity index (χ1) is 6.29. The van der Waals surface area contributed by atoms with Gasteiger partial charge in [-0.1, -0.05) is 0 Å². The first-order valence-electron chi connectivity index (χ1n) is 3.97. The van der Waals surface area contributed by atoms with Crippen LogP contribution in [0.25, 0.3) is 0 Å². The van der Waals surface area contributed by atoms with Crippen LogP contribution in [-0.2, 0) is 10.7 Å². The average Bonchev–Trinajstić information content (AvgIpc) is 1.97. The van der Waals surface area contributed by atoms with Crippen molar-refractivity contribution in [3.63, 3.8) is 0 Å². The molecule has 1 aromatic carbocycles. The van der Waals surface area contributed by atoms with Gasteiger partial charge in [0.05, 0.1) is 11.6 Å². The highest BCUT2D eigenvalue weighted by atomic mass is 79.9. The van der Waals surface area contributed by atoms with Crippen LogP contribution in [0, 0.1) is 11.6 Å². The van der Waals surface area contributed by atoms with Crippen LogP contribution in [0.3, 0.4) is 0 Å². The standard InChI is InChI=1S/C9H10BrF2OP/c1-14(2,13)5-6-3-9(12)7(10)4-8(6)11/h3-4H,5H2,1-2H3. The molecule has 0 unspecified atom stereocenters. The van der Waals surface area contributed by atoms with Crippen LogP contribution in [0.5, 0.6) is 0 Å². The minimum Gasteiger partial charge on any atom is -0.324 e. The molecule has 0 aliphatic carbocycles. The Morgan fingerprint density at radius 1 is 1.29 bits per heavy atom. The summed E-state index contributed by atoms with van der Waals surface area (Å²) in [5, 5.41) is 0. The SMILES string of the molecule is CP(C)(=O)Cc1cc(F)c(Br)cc1F. The summed E-state index contributed by atoms with van der Waals surface area (Å²) in [5.41, 5.74) is 0.166. The summed E-state index contributed by atoms with van der Waals surface area (Å²) >= 11 is 2.88. The lowest BCUT2D eigenvalue weighted by atomic mass is 10.2. The van der Waals surface area contributed by atoms with E-state index in [1.54, 1.807) is 13.3 Å². The zero-order valence-electron chi connectivity index (χ0n) is 7.85. The summed E-state index contributed by atoms with van der Waals surface area (Å²) in [7, 11) is -2.37. The highest BCUT2D eigenvalue weighted by Crippen LogP contribution is 2.41. The van der Waals surface area contributed by atoms with Crippen molar-refractivity contribution in [3.8, 4) is 0 Å². The number of halogens is 3. The smallest absolute Gasteiger partial charge is 0.137 e. The molecule has 0 fully saturated rings. The van der Waals surface area contributed by atoms with Gasteiger partial charge >= 0.3 is 0 Å². The number of hydrogen-bond donors (Lipinski definition) is 0. The van der Waals surface area contributed by atoms with E-state index in [2.05, 4.69) is 15.9 Å². The number of rotatable bonds is 2. The minimum atomic E-state index is -2.37. The van der Waals surface area contributed by atoms with Gasteiger partial charge in [0.2, 0.25) is 0 Å². The molecule has 0 aliphatic heterocycles. The monoisotopic (exact) mass is 282 g/mol. The highest BCUT2D eigenvalue weighted by Gasteiger charge is 2.14. The van der Waals surface area contributed by atoms with Crippen LogP contribution < -0.4 is 0 Å². The first-order valence-corrected chi connectivity index (χ1v) is 7.55. The molecule has 0 saturated carbocycles. The van der Waals surface area contributed by atoms with Gasteiger partial charge in [-0.3, -0.25) is 0 Å². The maximum atomic E-state index is 13.2. The molecule has 1 aromatic rings. The number of benzene rings is 1. The lowest BCUT2D eigenvalue weighted by molar-refractivity contribution is 0.572. The van der Waals surface area contributed by atoms with Crippen LogP contribution in [0.1, 0.15) is 5.56 Å². The van der Waals surface area contributed by atoms with Crippen LogP contribution in [-0.4, -0.2) is 13.3 Å². The van der Waals surface area contributed by atoms with Crippen LogP contribution in [0.15, 0.2) is 16.6 Å². The molecular formula is C9H10BrF2OP. The maximum Gasteiger partial charge on any atom is 0.137 e. The van der Waals surface area contributed by atoms with Gasteiger partial charge < -0.3 is 4.57 Å². The third kappa shape index (κ3) is 3.18. The second-order valence-electron chi connectivity index (χ2n) is 3.59. The Hall–Kier alpha value is -0.210. The third-order valence-electron chi connectivity index (χ3n) is 1.64. The van der Waals surface area contributed by atoms with Gasteiger partial charge in [0.15, 0.2) is 0 Å². The first kappa shape index (κ1) is 11.9. The number of hydrogen-bond acceptors (Lipinski definition) is 1. The summed E-state index contributed by atoms with van der Waals surface area (Å²) in [6, 6.07) is 2.14. The van der Waals surface area contributed by atoms with Gasteiger partial charge in [-0.15, -0.1) is 0 Å².